The van der Waals surface area contributed by atoms with Crippen LogP contribution in [-0.4, -0.2) is 9.55 Å². The van der Waals surface area contributed by atoms with Gasteiger partial charge < -0.3 is 4.57 Å². The van der Waals surface area contributed by atoms with Crippen LogP contribution in [0.5, 0.6) is 0 Å². The van der Waals surface area contributed by atoms with Crippen molar-refractivity contribution in [2.45, 2.75) is 0 Å². The molecule has 0 aliphatic rings. The van der Waals surface area contributed by atoms with E-state index in [0.29, 0.717) is 0 Å². The van der Waals surface area contributed by atoms with Gasteiger partial charge in [-0.25, -0.2) is 4.98 Å². The third-order valence-corrected chi connectivity index (χ3v) is 0.916. The minimum absolute atomic E-state index is 0.944. The number of aromatic nitrogens is 2. The van der Waals surface area contributed by atoms with Gasteiger partial charge in [0.05, 0.1) is 6.33 Å². The molecule has 0 amide bonds. The summed E-state index contributed by atoms with van der Waals surface area (Å²) >= 11 is 0. The van der Waals surface area contributed by atoms with E-state index in [1.54, 1.807) is 12.5 Å². The van der Waals surface area contributed by atoms with Gasteiger partial charge in [0.1, 0.15) is 0 Å². The van der Waals surface area contributed by atoms with E-state index >= 15 is 0 Å². The Morgan fingerprint density at radius 3 is 2.71 bits per heavy atom. The molecule has 2 heteroatoms. The van der Waals surface area contributed by atoms with Crippen molar-refractivity contribution in [1.82, 2.24) is 9.55 Å². The maximum absolute atomic E-state index is 3.82. The number of aryl methyl sites for hydroxylation is 1. The van der Waals surface area contributed by atoms with Gasteiger partial charge in [-0.05, 0) is 6.92 Å². The molecule has 0 N–H and O–H groups in total. The Balaban J connectivity index is 3.12. The third-order valence-electron chi connectivity index (χ3n) is 0.916. The molecule has 0 spiro atoms. The number of imidazole rings is 1. The van der Waals surface area contributed by atoms with Crippen LogP contribution in [0.25, 0.3) is 0 Å². The van der Waals surface area contributed by atoms with Crippen LogP contribution in [0.3, 0.4) is 0 Å². The lowest BCUT2D eigenvalue weighted by Gasteiger charge is -1.87. The summed E-state index contributed by atoms with van der Waals surface area (Å²) in [6.45, 7) is 3.68. The molecule has 37 valence electrons. The molecule has 1 heterocycles. The highest BCUT2D eigenvalue weighted by Gasteiger charge is 1.83. The zero-order valence-corrected chi connectivity index (χ0v) is 4.26. The Morgan fingerprint density at radius 2 is 2.57 bits per heavy atom. The Kier molecular flexibility index (Phi) is 0.855. The van der Waals surface area contributed by atoms with Crippen LogP contribution < -0.4 is 0 Å². The van der Waals surface area contributed by atoms with Crippen LogP contribution in [0, 0.1) is 6.92 Å². The predicted octanol–water partition coefficient (Wildman–Crippen LogP) is 0.602. The Bertz CT molecular complexity index is 138. The van der Waals surface area contributed by atoms with E-state index in [2.05, 4.69) is 11.9 Å². The number of hydrogen-bond donors (Lipinski definition) is 0. The van der Waals surface area contributed by atoms with Crippen molar-refractivity contribution >= 4 is 0 Å². The van der Waals surface area contributed by atoms with Crippen molar-refractivity contribution in [2.75, 3.05) is 0 Å². The van der Waals surface area contributed by atoms with Crippen molar-refractivity contribution in [3.63, 3.8) is 0 Å². The summed E-state index contributed by atoms with van der Waals surface area (Å²) in [6, 6.07) is 0. The van der Waals surface area contributed by atoms with Gasteiger partial charge in [0.2, 0.25) is 0 Å². The molecular weight excluding hydrogens is 88.1 g/mol. The van der Waals surface area contributed by atoms with E-state index in [9.17, 15) is 0 Å². The fourth-order valence-electron chi connectivity index (χ4n) is 0.385. The second kappa shape index (κ2) is 1.37. The van der Waals surface area contributed by atoms with Crippen LogP contribution in [0.2, 0.25) is 0 Å². The summed E-state index contributed by atoms with van der Waals surface area (Å²) in [5, 5.41) is 0. The first kappa shape index (κ1) is 4.37. The first-order valence-corrected chi connectivity index (χ1v) is 2.09. The highest BCUT2D eigenvalue weighted by Crippen LogP contribution is 1.88. The van der Waals surface area contributed by atoms with Gasteiger partial charge in [-0.15, -0.1) is 0 Å². The highest BCUT2D eigenvalue weighted by atomic mass is 15.0. The average Bonchev–Trinajstić information content (AvgIpc) is 1.91. The molecule has 1 aromatic heterocycles. The highest BCUT2D eigenvalue weighted by molar-refractivity contribution is 5.00. The van der Waals surface area contributed by atoms with E-state index in [1.807, 2.05) is 11.6 Å². The van der Waals surface area contributed by atoms with Crippen molar-refractivity contribution in [3.8, 4) is 0 Å². The van der Waals surface area contributed by atoms with Crippen molar-refractivity contribution in [3.05, 3.63) is 25.1 Å². The van der Waals surface area contributed by atoms with Crippen LogP contribution in [0.1, 0.15) is 5.69 Å². The molecule has 0 aliphatic carbocycles. The fourth-order valence-corrected chi connectivity index (χ4v) is 0.385. The standard InChI is InChI=1S/C5H7N2/c1-5-3-6-4-7(5)2/h3-4H,1H2,2H3. The van der Waals surface area contributed by atoms with Crippen LogP contribution >= 0.6 is 0 Å². The Hall–Kier alpha value is -0.790. The molecule has 0 aliphatic heterocycles. The zero-order valence-electron chi connectivity index (χ0n) is 4.26. The molecular formula is C5H7N2. The van der Waals surface area contributed by atoms with E-state index in [4.69, 9.17) is 0 Å². The Labute approximate surface area is 42.8 Å². The number of rotatable bonds is 0. The molecule has 0 bridgehead atoms. The van der Waals surface area contributed by atoms with Gasteiger partial charge in [-0.2, -0.15) is 0 Å². The number of nitrogens with zero attached hydrogens (tertiary/aromatic N) is 2. The van der Waals surface area contributed by atoms with Gasteiger partial charge in [0.15, 0.2) is 0 Å². The number of hydrogen-bond acceptors (Lipinski definition) is 1. The molecule has 1 aromatic rings. The lowest BCUT2D eigenvalue weighted by Crippen LogP contribution is -1.84. The van der Waals surface area contributed by atoms with E-state index in [0.717, 1.165) is 5.69 Å². The van der Waals surface area contributed by atoms with Crippen molar-refractivity contribution < 1.29 is 0 Å². The largest absolute Gasteiger partial charge is 0.338 e. The summed E-state index contributed by atoms with van der Waals surface area (Å²) in [5.41, 5.74) is 0.944. The molecule has 0 atom stereocenters. The normalized spacial score (nSPS) is 9.43. The quantitative estimate of drug-likeness (QED) is 0.461. The molecule has 2 nitrogen and oxygen atoms in total. The van der Waals surface area contributed by atoms with E-state index < -0.39 is 0 Å². The molecule has 0 unspecified atom stereocenters. The average molecular weight is 95.1 g/mol. The Morgan fingerprint density at radius 1 is 1.86 bits per heavy atom. The molecule has 0 saturated heterocycles. The van der Waals surface area contributed by atoms with Crippen LogP contribution in [0.15, 0.2) is 12.5 Å². The van der Waals surface area contributed by atoms with Gasteiger partial charge in [-0.3, -0.25) is 0 Å². The maximum atomic E-state index is 3.82. The molecule has 0 fully saturated rings. The molecule has 1 radical (unpaired) electrons. The van der Waals surface area contributed by atoms with E-state index in [-0.39, 0.29) is 0 Å². The predicted molar refractivity (Wildman–Crippen MR) is 27.7 cm³/mol. The van der Waals surface area contributed by atoms with Gasteiger partial charge >= 0.3 is 0 Å². The smallest absolute Gasteiger partial charge is 0.0945 e. The lowest BCUT2D eigenvalue weighted by atomic mass is 10.5. The molecule has 1 rings (SSSR count). The van der Waals surface area contributed by atoms with Crippen LogP contribution in [-0.2, 0) is 7.05 Å². The summed E-state index contributed by atoms with van der Waals surface area (Å²) in [6.07, 6.45) is 3.45. The van der Waals surface area contributed by atoms with Crippen LogP contribution in [0.4, 0.5) is 0 Å². The van der Waals surface area contributed by atoms with Crippen molar-refractivity contribution in [1.29, 1.82) is 0 Å². The summed E-state index contributed by atoms with van der Waals surface area (Å²) < 4.78 is 1.86. The molecule has 0 saturated carbocycles. The topological polar surface area (TPSA) is 17.8 Å². The SMILES string of the molecule is [CH2]c1cncn1C. The van der Waals surface area contributed by atoms with Crippen molar-refractivity contribution in [2.24, 2.45) is 7.05 Å². The fraction of sp³-hybridized carbons (Fsp3) is 0.200. The maximum Gasteiger partial charge on any atom is 0.0945 e. The monoisotopic (exact) mass is 95.1 g/mol. The third kappa shape index (κ3) is 0.633. The van der Waals surface area contributed by atoms with Gasteiger partial charge in [0.25, 0.3) is 0 Å². The minimum atomic E-state index is 0.944. The zero-order chi connectivity index (χ0) is 5.28. The van der Waals surface area contributed by atoms with Gasteiger partial charge in [0, 0.05) is 18.9 Å². The second-order valence-electron chi connectivity index (χ2n) is 1.50. The molecule has 0 aromatic carbocycles. The summed E-state index contributed by atoms with van der Waals surface area (Å²) in [4.78, 5) is 3.82. The summed E-state index contributed by atoms with van der Waals surface area (Å²) in [5.74, 6) is 0. The second-order valence-corrected chi connectivity index (χ2v) is 1.50. The summed E-state index contributed by atoms with van der Waals surface area (Å²) in [7, 11) is 1.91. The first-order chi connectivity index (χ1) is 3.30. The molecule has 7 heavy (non-hydrogen) atoms. The minimum Gasteiger partial charge on any atom is -0.338 e. The first-order valence-electron chi connectivity index (χ1n) is 2.09. The van der Waals surface area contributed by atoms with Gasteiger partial charge in [-0.1, -0.05) is 0 Å². The lowest BCUT2D eigenvalue weighted by molar-refractivity contribution is 0.893. The van der Waals surface area contributed by atoms with E-state index in [1.165, 1.54) is 0 Å².